The van der Waals surface area contributed by atoms with Gasteiger partial charge in [-0.1, -0.05) is 378 Å². The molecule has 2 atom stereocenters. The third-order valence-electron chi connectivity index (χ3n) is 17.5. The van der Waals surface area contributed by atoms with Gasteiger partial charge in [-0.25, -0.2) is 0 Å². The maximum absolute atomic E-state index is 12.6. The van der Waals surface area contributed by atoms with E-state index >= 15 is 0 Å². The summed E-state index contributed by atoms with van der Waals surface area (Å²) >= 11 is 0. The first-order valence-electron chi connectivity index (χ1n) is 37.1. The number of aliphatic hydroxyl groups is 2. The van der Waals surface area contributed by atoms with Crippen molar-refractivity contribution in [1.29, 1.82) is 0 Å². The van der Waals surface area contributed by atoms with Crippen LogP contribution in [0.2, 0.25) is 0 Å². The molecule has 1 amide bonds. The molecule has 6 heteroatoms. The molecule has 0 aromatic rings. The summed E-state index contributed by atoms with van der Waals surface area (Å²) < 4.78 is 5.48. The summed E-state index contributed by atoms with van der Waals surface area (Å²) in [5.41, 5.74) is 0. The Bertz CT molecular complexity index is 1270. The van der Waals surface area contributed by atoms with Crippen LogP contribution in [0.4, 0.5) is 0 Å². The Kier molecular flexibility index (Phi) is 69.4. The van der Waals surface area contributed by atoms with Crippen molar-refractivity contribution < 1.29 is 24.5 Å². The van der Waals surface area contributed by atoms with Gasteiger partial charge in [0.25, 0.3) is 0 Å². The van der Waals surface area contributed by atoms with Crippen LogP contribution in [0.1, 0.15) is 418 Å². The molecule has 6 nitrogen and oxygen atoms in total. The van der Waals surface area contributed by atoms with Crippen LogP contribution < -0.4 is 5.32 Å². The van der Waals surface area contributed by atoms with E-state index in [2.05, 4.69) is 43.5 Å². The van der Waals surface area contributed by atoms with Crippen LogP contribution in [0.5, 0.6) is 0 Å². The Morgan fingerprint density at radius 1 is 0.346 bits per heavy atom. The van der Waals surface area contributed by atoms with Crippen LogP contribution in [-0.4, -0.2) is 47.4 Å². The van der Waals surface area contributed by atoms with E-state index in [1.165, 1.54) is 334 Å². The highest BCUT2D eigenvalue weighted by Gasteiger charge is 2.20. The average molecular weight is 1140 g/mol. The van der Waals surface area contributed by atoms with Crippen molar-refractivity contribution in [1.82, 2.24) is 5.32 Å². The number of rotatable bonds is 70. The second-order valence-electron chi connectivity index (χ2n) is 25.6. The zero-order valence-corrected chi connectivity index (χ0v) is 55.0. The van der Waals surface area contributed by atoms with Crippen LogP contribution in [0, 0.1) is 0 Å². The van der Waals surface area contributed by atoms with Gasteiger partial charge in [-0.05, 0) is 51.4 Å². The second kappa shape index (κ2) is 70.8. The third kappa shape index (κ3) is 67.3. The lowest BCUT2D eigenvalue weighted by Crippen LogP contribution is -2.45. The van der Waals surface area contributed by atoms with Crippen molar-refractivity contribution in [3.05, 3.63) is 24.3 Å². The number of ether oxygens (including phenoxy) is 1. The van der Waals surface area contributed by atoms with Gasteiger partial charge in [0, 0.05) is 12.8 Å². The fourth-order valence-electron chi connectivity index (χ4n) is 11.9. The fraction of sp³-hybridized carbons (Fsp3) is 0.920. The van der Waals surface area contributed by atoms with E-state index in [0.29, 0.717) is 25.9 Å². The molecule has 0 aliphatic rings. The lowest BCUT2D eigenvalue weighted by Gasteiger charge is -2.22. The number of allylic oxidation sites excluding steroid dienone is 4. The van der Waals surface area contributed by atoms with Crippen molar-refractivity contribution in [2.75, 3.05) is 13.2 Å². The molecule has 0 heterocycles. The smallest absolute Gasteiger partial charge is 0.305 e. The van der Waals surface area contributed by atoms with Crippen LogP contribution in [0.15, 0.2) is 24.3 Å². The van der Waals surface area contributed by atoms with Gasteiger partial charge in [-0.3, -0.25) is 9.59 Å². The minimum Gasteiger partial charge on any atom is -0.466 e. The van der Waals surface area contributed by atoms with Gasteiger partial charge in [0.2, 0.25) is 5.91 Å². The first kappa shape index (κ1) is 79.3. The molecule has 0 fully saturated rings. The monoisotopic (exact) mass is 1140 g/mol. The fourth-order valence-corrected chi connectivity index (χ4v) is 11.9. The molecule has 0 bridgehead atoms. The zero-order valence-electron chi connectivity index (χ0n) is 55.0. The molecule has 0 aromatic heterocycles. The van der Waals surface area contributed by atoms with Gasteiger partial charge < -0.3 is 20.3 Å². The van der Waals surface area contributed by atoms with Gasteiger partial charge in [-0.2, -0.15) is 0 Å². The summed E-state index contributed by atoms with van der Waals surface area (Å²) in [5.74, 6) is -0.0201. The Labute approximate surface area is 507 Å². The van der Waals surface area contributed by atoms with Gasteiger partial charge in [0.1, 0.15) is 0 Å². The normalized spacial score (nSPS) is 12.6. The van der Waals surface area contributed by atoms with Crippen LogP contribution in [-0.2, 0) is 14.3 Å². The molecule has 0 rings (SSSR count). The molecule has 0 aromatic carbocycles. The maximum atomic E-state index is 12.6. The third-order valence-corrected chi connectivity index (χ3v) is 17.5. The topological polar surface area (TPSA) is 95.9 Å². The highest BCUT2D eigenvalue weighted by Crippen LogP contribution is 2.20. The number of carbonyl (C=O) groups excluding carboxylic acids is 2. The Balaban J connectivity index is 3.33. The van der Waals surface area contributed by atoms with E-state index in [1.54, 1.807) is 0 Å². The summed E-state index contributed by atoms with van der Waals surface area (Å²) in [4.78, 5) is 24.6. The first-order chi connectivity index (χ1) is 40.0. The van der Waals surface area contributed by atoms with Gasteiger partial charge in [0.15, 0.2) is 0 Å². The van der Waals surface area contributed by atoms with Crippen LogP contribution in [0.25, 0.3) is 0 Å². The summed E-state index contributed by atoms with van der Waals surface area (Å²) in [7, 11) is 0. The van der Waals surface area contributed by atoms with E-state index in [-0.39, 0.29) is 18.5 Å². The number of esters is 1. The quantitative estimate of drug-likeness (QED) is 0.0320. The van der Waals surface area contributed by atoms with Gasteiger partial charge >= 0.3 is 5.97 Å². The summed E-state index contributed by atoms with van der Waals surface area (Å²) in [6.07, 6.45) is 89.6. The van der Waals surface area contributed by atoms with Crippen molar-refractivity contribution in [2.45, 2.75) is 431 Å². The minimum atomic E-state index is -0.662. The van der Waals surface area contributed by atoms with Gasteiger partial charge in [-0.15, -0.1) is 0 Å². The number of nitrogens with one attached hydrogen (secondary N) is 1. The lowest BCUT2D eigenvalue weighted by molar-refractivity contribution is -0.143. The Morgan fingerprint density at radius 2 is 0.642 bits per heavy atom. The summed E-state index contributed by atoms with van der Waals surface area (Å²) in [6.45, 7) is 4.93. The molecular weight excluding hydrogens is 995 g/mol. The number of hydrogen-bond donors (Lipinski definition) is 3. The lowest BCUT2D eigenvalue weighted by atomic mass is 10.0. The van der Waals surface area contributed by atoms with E-state index in [9.17, 15) is 19.8 Å². The predicted octanol–water partition coefficient (Wildman–Crippen LogP) is 24.1. The second-order valence-corrected chi connectivity index (χ2v) is 25.6. The molecule has 0 aliphatic heterocycles. The predicted molar refractivity (Wildman–Crippen MR) is 356 cm³/mol. The SMILES string of the molecule is CCC/C=C\C/C=C\CCCCCCCC(=O)OCCCCCCCCCCCCCCCCCCCCCCCCCCCCCCCCCC(=O)NC(CO)C(O)CCCCCCCCCCCCCCCCCCCCCC. The van der Waals surface area contributed by atoms with E-state index in [0.717, 1.165) is 51.4 Å². The number of aliphatic hydroxyl groups excluding tert-OH is 2. The van der Waals surface area contributed by atoms with Gasteiger partial charge in [0.05, 0.1) is 25.4 Å². The van der Waals surface area contributed by atoms with Crippen molar-refractivity contribution in [2.24, 2.45) is 0 Å². The number of amides is 1. The molecule has 81 heavy (non-hydrogen) atoms. The molecular formula is C75H145NO5. The molecule has 480 valence electrons. The summed E-state index contributed by atoms with van der Waals surface area (Å²) in [5, 5.41) is 23.4. The molecule has 0 spiro atoms. The standard InChI is InChI=1S/C75H145NO5/c1-3-5-7-9-11-13-15-17-18-19-20-34-37-40-44-47-51-55-59-63-67-73(78)72(71-77)76-74(79)68-64-60-56-52-48-45-41-38-35-32-30-28-26-24-22-21-23-25-27-29-31-33-36-39-42-46-50-54-58-62-66-70-81-75(80)69-65-61-57-53-49-43-16-14-12-10-8-6-4-2/h8,10,14,16,72-73,77-78H,3-7,9,11-13,15,17-71H2,1-2H3,(H,76,79)/b10-8-,16-14-. The van der Waals surface area contributed by atoms with Crippen molar-refractivity contribution >= 4 is 11.9 Å². The number of unbranched alkanes of at least 4 members (excludes halogenated alkanes) is 55. The summed E-state index contributed by atoms with van der Waals surface area (Å²) in [6, 6.07) is -0.539. The molecule has 3 N–H and O–H groups in total. The van der Waals surface area contributed by atoms with E-state index in [1.807, 2.05) is 0 Å². The zero-order chi connectivity index (χ0) is 58.5. The average Bonchev–Trinajstić information content (AvgIpc) is 3.47. The number of hydrogen-bond acceptors (Lipinski definition) is 5. The highest BCUT2D eigenvalue weighted by molar-refractivity contribution is 5.76. The number of carbonyl (C=O) groups is 2. The van der Waals surface area contributed by atoms with Crippen LogP contribution in [0.3, 0.4) is 0 Å². The van der Waals surface area contributed by atoms with Crippen molar-refractivity contribution in [3.8, 4) is 0 Å². The maximum Gasteiger partial charge on any atom is 0.305 e. The van der Waals surface area contributed by atoms with Crippen LogP contribution >= 0.6 is 0 Å². The molecule has 0 saturated carbocycles. The molecule has 0 radical (unpaired) electrons. The molecule has 2 unspecified atom stereocenters. The largest absolute Gasteiger partial charge is 0.466 e. The minimum absolute atomic E-state index is 0.00598. The molecule has 0 aliphatic carbocycles. The van der Waals surface area contributed by atoms with E-state index in [4.69, 9.17) is 4.74 Å². The van der Waals surface area contributed by atoms with Crippen molar-refractivity contribution in [3.63, 3.8) is 0 Å². The first-order valence-corrected chi connectivity index (χ1v) is 37.1. The van der Waals surface area contributed by atoms with E-state index < -0.39 is 12.1 Å². The highest BCUT2D eigenvalue weighted by atomic mass is 16.5. The molecule has 0 saturated heterocycles. The Hall–Kier alpha value is -1.66. The Morgan fingerprint density at radius 3 is 0.988 bits per heavy atom.